The van der Waals surface area contributed by atoms with Gasteiger partial charge in [0.25, 0.3) is 0 Å². The Kier molecular flexibility index (Phi) is 6.72. The molecule has 0 aromatic rings. The monoisotopic (exact) mass is 255 g/mol. The second kappa shape index (κ2) is 8.08. The fraction of sp³-hybridized carbons (Fsp3) is 0.846. The van der Waals surface area contributed by atoms with Gasteiger partial charge in [-0.15, -0.1) is 0 Å². The molecule has 104 valence electrons. The van der Waals surface area contributed by atoms with Crippen molar-refractivity contribution in [2.75, 3.05) is 26.2 Å². The number of nitrogens with zero attached hydrogens (tertiary/aromatic N) is 1. The lowest BCUT2D eigenvalue weighted by Gasteiger charge is -2.32. The fourth-order valence-electron chi connectivity index (χ4n) is 2.14. The summed E-state index contributed by atoms with van der Waals surface area (Å²) in [6.45, 7) is 6.73. The Bertz CT molecular complexity index is 273. The van der Waals surface area contributed by atoms with E-state index in [0.29, 0.717) is 13.0 Å². The molecule has 5 heteroatoms. The maximum absolute atomic E-state index is 11.8. The number of rotatable bonds is 6. The summed E-state index contributed by atoms with van der Waals surface area (Å²) in [6, 6.07) is 0.243. The van der Waals surface area contributed by atoms with Gasteiger partial charge in [-0.1, -0.05) is 13.8 Å². The molecule has 2 amide bonds. The highest BCUT2D eigenvalue weighted by Gasteiger charge is 2.23. The second-order valence-electron chi connectivity index (χ2n) is 4.75. The van der Waals surface area contributed by atoms with Crippen LogP contribution in [0.25, 0.3) is 0 Å². The molecule has 5 nitrogen and oxygen atoms in total. The molecule has 0 radical (unpaired) electrons. The number of nitrogens with one attached hydrogen (secondary N) is 2. The molecule has 1 saturated heterocycles. The van der Waals surface area contributed by atoms with Crippen molar-refractivity contribution in [3.63, 3.8) is 0 Å². The minimum atomic E-state index is 0.134. The minimum Gasteiger partial charge on any atom is -0.353 e. The zero-order valence-corrected chi connectivity index (χ0v) is 11.5. The highest BCUT2D eigenvalue weighted by atomic mass is 16.2. The quantitative estimate of drug-likeness (QED) is 0.726. The first-order chi connectivity index (χ1) is 8.67. The number of carbonyl (C=O) groups is 2. The van der Waals surface area contributed by atoms with Crippen LogP contribution in [-0.2, 0) is 9.59 Å². The molecule has 1 heterocycles. The lowest BCUT2D eigenvalue weighted by Crippen LogP contribution is -2.48. The number of likely N-dealkylation sites (tertiary alicyclic amines) is 1. The van der Waals surface area contributed by atoms with E-state index in [9.17, 15) is 9.59 Å². The third kappa shape index (κ3) is 5.04. The van der Waals surface area contributed by atoms with Gasteiger partial charge in [0.1, 0.15) is 0 Å². The molecule has 1 rings (SSSR count). The van der Waals surface area contributed by atoms with Crippen LogP contribution in [0.4, 0.5) is 0 Å². The van der Waals surface area contributed by atoms with Crippen molar-refractivity contribution in [1.82, 2.24) is 15.5 Å². The van der Waals surface area contributed by atoms with Gasteiger partial charge in [-0.2, -0.15) is 0 Å². The van der Waals surface area contributed by atoms with Gasteiger partial charge in [0.05, 0.1) is 6.54 Å². The number of hydrogen-bond acceptors (Lipinski definition) is 3. The Hall–Kier alpha value is -1.10. The topological polar surface area (TPSA) is 61.4 Å². The van der Waals surface area contributed by atoms with E-state index in [4.69, 9.17) is 0 Å². The van der Waals surface area contributed by atoms with Gasteiger partial charge >= 0.3 is 0 Å². The summed E-state index contributed by atoms with van der Waals surface area (Å²) >= 11 is 0. The van der Waals surface area contributed by atoms with Crippen molar-refractivity contribution in [3.8, 4) is 0 Å². The Labute approximate surface area is 109 Å². The molecular formula is C13H25N3O2. The van der Waals surface area contributed by atoms with E-state index in [1.54, 1.807) is 0 Å². The maximum atomic E-state index is 11.8. The lowest BCUT2D eigenvalue weighted by molar-refractivity contribution is -0.131. The molecular weight excluding hydrogens is 230 g/mol. The van der Waals surface area contributed by atoms with E-state index in [-0.39, 0.29) is 17.9 Å². The molecule has 0 unspecified atom stereocenters. The zero-order chi connectivity index (χ0) is 13.4. The molecule has 2 N–H and O–H groups in total. The van der Waals surface area contributed by atoms with Gasteiger partial charge in [-0.3, -0.25) is 9.59 Å². The summed E-state index contributed by atoms with van der Waals surface area (Å²) < 4.78 is 0. The summed E-state index contributed by atoms with van der Waals surface area (Å²) in [5.74, 6) is 0.296. The maximum Gasteiger partial charge on any atom is 0.236 e. The normalized spacial score (nSPS) is 16.7. The second-order valence-corrected chi connectivity index (χ2v) is 4.75. The van der Waals surface area contributed by atoms with Crippen LogP contribution in [0.1, 0.15) is 39.5 Å². The van der Waals surface area contributed by atoms with E-state index in [1.165, 1.54) is 0 Å². The van der Waals surface area contributed by atoms with E-state index in [1.807, 2.05) is 18.7 Å². The predicted molar refractivity (Wildman–Crippen MR) is 71.2 cm³/mol. The van der Waals surface area contributed by atoms with Crippen LogP contribution < -0.4 is 10.6 Å². The van der Waals surface area contributed by atoms with Crippen LogP contribution in [-0.4, -0.2) is 48.9 Å². The molecule has 0 bridgehead atoms. The molecule has 0 saturated carbocycles. The minimum absolute atomic E-state index is 0.134. The highest BCUT2D eigenvalue weighted by Crippen LogP contribution is 2.10. The van der Waals surface area contributed by atoms with Crippen molar-refractivity contribution in [2.24, 2.45) is 0 Å². The third-order valence-electron chi connectivity index (χ3n) is 3.22. The number of likely N-dealkylation sites (N-methyl/N-ethyl adjacent to an activating group) is 1. The van der Waals surface area contributed by atoms with Crippen LogP contribution in [0, 0.1) is 0 Å². The van der Waals surface area contributed by atoms with E-state index in [0.717, 1.165) is 38.9 Å². The molecule has 0 atom stereocenters. The predicted octanol–water partition coefficient (Wildman–Crippen LogP) is 0.503. The van der Waals surface area contributed by atoms with Gasteiger partial charge in [0.2, 0.25) is 11.8 Å². The van der Waals surface area contributed by atoms with Crippen LogP contribution in [0.5, 0.6) is 0 Å². The smallest absolute Gasteiger partial charge is 0.236 e. The summed E-state index contributed by atoms with van der Waals surface area (Å²) in [6.07, 6.45) is 3.21. The first-order valence-electron chi connectivity index (χ1n) is 6.95. The van der Waals surface area contributed by atoms with Gasteiger partial charge in [-0.25, -0.2) is 0 Å². The number of piperidine rings is 1. The molecule has 0 aromatic carbocycles. The largest absolute Gasteiger partial charge is 0.353 e. The average Bonchev–Trinajstić information content (AvgIpc) is 2.37. The van der Waals surface area contributed by atoms with Crippen molar-refractivity contribution in [2.45, 2.75) is 45.6 Å². The van der Waals surface area contributed by atoms with Gasteiger partial charge in [-0.05, 0) is 25.8 Å². The molecule has 1 aliphatic heterocycles. The highest BCUT2D eigenvalue weighted by molar-refractivity contribution is 5.78. The Morgan fingerprint density at radius 3 is 2.44 bits per heavy atom. The Morgan fingerprint density at radius 1 is 1.22 bits per heavy atom. The molecule has 18 heavy (non-hydrogen) atoms. The molecule has 1 aliphatic rings. The number of carbonyl (C=O) groups excluding carboxylic acids is 2. The van der Waals surface area contributed by atoms with E-state index >= 15 is 0 Å². The molecule has 0 aromatic heterocycles. The Balaban J connectivity index is 2.23. The van der Waals surface area contributed by atoms with Gasteiger partial charge < -0.3 is 15.5 Å². The molecule has 0 aliphatic carbocycles. The summed E-state index contributed by atoms with van der Waals surface area (Å²) in [5, 5.41) is 6.07. The Morgan fingerprint density at radius 2 is 1.89 bits per heavy atom. The zero-order valence-electron chi connectivity index (χ0n) is 11.5. The van der Waals surface area contributed by atoms with Crippen LogP contribution in [0.2, 0.25) is 0 Å². The number of hydrogen-bond donors (Lipinski definition) is 2. The molecule has 0 spiro atoms. The average molecular weight is 255 g/mol. The van der Waals surface area contributed by atoms with Crippen LogP contribution in [0.15, 0.2) is 0 Å². The molecule has 1 fully saturated rings. The summed E-state index contributed by atoms with van der Waals surface area (Å²) in [4.78, 5) is 25.1. The first kappa shape index (κ1) is 15.0. The van der Waals surface area contributed by atoms with Gasteiger partial charge in [0.15, 0.2) is 0 Å². The van der Waals surface area contributed by atoms with Gasteiger partial charge in [0, 0.05) is 25.6 Å². The van der Waals surface area contributed by atoms with Crippen LogP contribution >= 0.6 is 0 Å². The SMILES string of the molecule is CCCC(=O)NC1CCN(C(=O)CNCC)CC1. The van der Waals surface area contributed by atoms with Crippen molar-refractivity contribution in [1.29, 1.82) is 0 Å². The van der Waals surface area contributed by atoms with Crippen molar-refractivity contribution in [3.05, 3.63) is 0 Å². The third-order valence-corrected chi connectivity index (χ3v) is 3.22. The standard InChI is InChI=1S/C13H25N3O2/c1-3-5-12(17)15-11-6-8-16(9-7-11)13(18)10-14-4-2/h11,14H,3-10H2,1-2H3,(H,15,17). The fourth-order valence-corrected chi connectivity index (χ4v) is 2.14. The summed E-state index contributed by atoms with van der Waals surface area (Å²) in [5.41, 5.74) is 0. The number of amides is 2. The van der Waals surface area contributed by atoms with Crippen LogP contribution in [0.3, 0.4) is 0 Å². The first-order valence-corrected chi connectivity index (χ1v) is 6.95. The van der Waals surface area contributed by atoms with Crippen molar-refractivity contribution >= 4 is 11.8 Å². The van der Waals surface area contributed by atoms with E-state index in [2.05, 4.69) is 10.6 Å². The van der Waals surface area contributed by atoms with Crippen molar-refractivity contribution < 1.29 is 9.59 Å². The summed E-state index contributed by atoms with van der Waals surface area (Å²) in [7, 11) is 0. The lowest BCUT2D eigenvalue weighted by atomic mass is 10.0. The van der Waals surface area contributed by atoms with E-state index < -0.39 is 0 Å².